The number of hydrogen-bond acceptors (Lipinski definition) is 4. The highest BCUT2D eigenvalue weighted by atomic mass is 32.2. The highest BCUT2D eigenvalue weighted by molar-refractivity contribution is 7.93. The first-order valence-corrected chi connectivity index (χ1v) is 7.34. The number of phenolic OH excluding ortho intramolecular Hbond substituents is 1. The Labute approximate surface area is 112 Å². The molecule has 0 fully saturated rings. The van der Waals surface area contributed by atoms with Crippen molar-refractivity contribution in [3.8, 4) is 5.75 Å². The number of nitrogens with one attached hydrogen (secondary N) is 1. The van der Waals surface area contributed by atoms with Gasteiger partial charge in [-0.1, -0.05) is 24.4 Å². The van der Waals surface area contributed by atoms with Gasteiger partial charge in [0.1, 0.15) is 11.0 Å². The summed E-state index contributed by atoms with van der Waals surface area (Å²) in [5, 5.41) is 8.22. The van der Waals surface area contributed by atoms with Crippen LogP contribution in [0.1, 0.15) is 12.5 Å². The van der Waals surface area contributed by atoms with Crippen molar-refractivity contribution in [2.75, 3.05) is 6.54 Å². The number of hydrogen-bond donors (Lipinski definition) is 3. The van der Waals surface area contributed by atoms with Crippen LogP contribution in [0.3, 0.4) is 0 Å². The SMILES string of the molecule is CC(C(N)=S)S(=O)(=O)NCCc1ccc(O)cc1. The monoisotopic (exact) mass is 288 g/mol. The van der Waals surface area contributed by atoms with Crippen LogP contribution in [0.15, 0.2) is 24.3 Å². The minimum absolute atomic E-state index is 0.0490. The molecule has 5 nitrogen and oxygen atoms in total. The van der Waals surface area contributed by atoms with E-state index in [0.29, 0.717) is 6.42 Å². The van der Waals surface area contributed by atoms with Gasteiger partial charge in [0.15, 0.2) is 0 Å². The van der Waals surface area contributed by atoms with E-state index < -0.39 is 15.3 Å². The minimum Gasteiger partial charge on any atom is -0.508 e. The predicted molar refractivity (Wildman–Crippen MR) is 75.0 cm³/mol. The fourth-order valence-corrected chi connectivity index (χ4v) is 2.60. The first kappa shape index (κ1) is 14.9. The molecule has 0 amide bonds. The molecule has 100 valence electrons. The molecule has 1 rings (SSSR count). The van der Waals surface area contributed by atoms with E-state index in [9.17, 15) is 8.42 Å². The average Bonchev–Trinajstić information content (AvgIpc) is 2.30. The molecule has 0 radical (unpaired) electrons. The molecule has 0 aliphatic heterocycles. The molecule has 0 spiro atoms. The second-order valence-corrected chi connectivity index (χ2v) is 6.46. The second-order valence-electron chi connectivity index (χ2n) is 3.90. The van der Waals surface area contributed by atoms with Crippen LogP contribution in [0.2, 0.25) is 0 Å². The van der Waals surface area contributed by atoms with E-state index in [0.717, 1.165) is 5.56 Å². The molecule has 0 bridgehead atoms. The Hall–Kier alpha value is -1.18. The van der Waals surface area contributed by atoms with Crippen molar-refractivity contribution in [3.63, 3.8) is 0 Å². The lowest BCUT2D eigenvalue weighted by Gasteiger charge is -2.12. The van der Waals surface area contributed by atoms with E-state index in [1.165, 1.54) is 6.92 Å². The predicted octanol–water partition coefficient (Wildman–Crippen LogP) is 0.529. The molecular formula is C11H16N2O3S2. The van der Waals surface area contributed by atoms with Gasteiger partial charge in [-0.3, -0.25) is 0 Å². The summed E-state index contributed by atoms with van der Waals surface area (Å²) in [6, 6.07) is 6.59. The van der Waals surface area contributed by atoms with Crippen LogP contribution < -0.4 is 10.5 Å². The van der Waals surface area contributed by atoms with Gasteiger partial charge in [-0.15, -0.1) is 0 Å². The number of nitrogens with two attached hydrogens (primary N) is 1. The Bertz CT molecular complexity index is 512. The maximum atomic E-state index is 11.7. The number of rotatable bonds is 6. The van der Waals surface area contributed by atoms with Crippen LogP contribution in [0.4, 0.5) is 0 Å². The van der Waals surface area contributed by atoms with E-state index in [2.05, 4.69) is 16.9 Å². The fraction of sp³-hybridized carbons (Fsp3) is 0.364. The normalized spacial score (nSPS) is 13.2. The summed E-state index contributed by atoms with van der Waals surface area (Å²) in [4.78, 5) is -0.0490. The van der Waals surface area contributed by atoms with Gasteiger partial charge < -0.3 is 10.8 Å². The Morgan fingerprint density at radius 2 is 2.00 bits per heavy atom. The van der Waals surface area contributed by atoms with Crippen molar-refractivity contribution >= 4 is 27.2 Å². The maximum absolute atomic E-state index is 11.7. The number of thiocarbonyl (C=S) groups is 1. The van der Waals surface area contributed by atoms with E-state index >= 15 is 0 Å². The third-order valence-corrected chi connectivity index (χ3v) is 4.81. The molecule has 4 N–H and O–H groups in total. The minimum atomic E-state index is -3.50. The maximum Gasteiger partial charge on any atom is 0.220 e. The summed E-state index contributed by atoms with van der Waals surface area (Å²) in [6.07, 6.45) is 0.531. The van der Waals surface area contributed by atoms with E-state index in [4.69, 9.17) is 10.8 Å². The highest BCUT2D eigenvalue weighted by Gasteiger charge is 2.22. The number of phenols is 1. The van der Waals surface area contributed by atoms with Gasteiger partial charge in [0, 0.05) is 6.54 Å². The van der Waals surface area contributed by atoms with Crippen LogP contribution in [-0.2, 0) is 16.4 Å². The van der Waals surface area contributed by atoms with Gasteiger partial charge in [-0.05, 0) is 31.0 Å². The Morgan fingerprint density at radius 1 is 1.44 bits per heavy atom. The van der Waals surface area contributed by atoms with Crippen LogP contribution in [0.5, 0.6) is 5.75 Å². The van der Waals surface area contributed by atoms with E-state index in [1.54, 1.807) is 24.3 Å². The van der Waals surface area contributed by atoms with Crippen molar-refractivity contribution in [2.45, 2.75) is 18.6 Å². The average molecular weight is 288 g/mol. The lowest BCUT2D eigenvalue weighted by molar-refractivity contribution is 0.475. The molecule has 1 aromatic carbocycles. The highest BCUT2D eigenvalue weighted by Crippen LogP contribution is 2.09. The summed E-state index contributed by atoms with van der Waals surface area (Å²) in [5.41, 5.74) is 6.24. The number of sulfonamides is 1. The Morgan fingerprint density at radius 3 is 2.50 bits per heavy atom. The van der Waals surface area contributed by atoms with Gasteiger partial charge in [0.25, 0.3) is 0 Å². The summed E-state index contributed by atoms with van der Waals surface area (Å²) < 4.78 is 25.8. The second kappa shape index (κ2) is 6.12. The summed E-state index contributed by atoms with van der Waals surface area (Å²) in [7, 11) is -3.50. The van der Waals surface area contributed by atoms with Gasteiger partial charge >= 0.3 is 0 Å². The van der Waals surface area contributed by atoms with Gasteiger partial charge in [-0.2, -0.15) is 0 Å². The molecule has 0 aliphatic rings. The van der Waals surface area contributed by atoms with Crippen LogP contribution in [-0.4, -0.2) is 30.3 Å². The summed E-state index contributed by atoms with van der Waals surface area (Å²) in [5.74, 6) is 0.182. The molecule has 0 saturated carbocycles. The molecule has 0 heterocycles. The lowest BCUT2D eigenvalue weighted by Crippen LogP contribution is -2.40. The smallest absolute Gasteiger partial charge is 0.220 e. The standard InChI is InChI=1S/C11H16N2O3S2/c1-8(11(12)17)18(15,16)13-7-6-9-2-4-10(14)5-3-9/h2-5,8,13-14H,6-7H2,1H3,(H2,12,17). The Kier molecular flexibility index (Phi) is 5.06. The topological polar surface area (TPSA) is 92.4 Å². The third kappa shape index (κ3) is 4.25. The van der Waals surface area contributed by atoms with Gasteiger partial charge in [-0.25, -0.2) is 13.1 Å². The number of benzene rings is 1. The summed E-state index contributed by atoms with van der Waals surface area (Å²) in [6.45, 7) is 1.71. The molecule has 0 saturated heterocycles. The van der Waals surface area contributed by atoms with Crippen molar-refractivity contribution in [3.05, 3.63) is 29.8 Å². The van der Waals surface area contributed by atoms with E-state index in [1.807, 2.05) is 0 Å². The molecule has 18 heavy (non-hydrogen) atoms. The third-order valence-electron chi connectivity index (χ3n) is 2.52. The molecule has 7 heteroatoms. The van der Waals surface area contributed by atoms with Crippen molar-refractivity contribution in [1.82, 2.24) is 4.72 Å². The fourth-order valence-electron chi connectivity index (χ4n) is 1.28. The van der Waals surface area contributed by atoms with Crippen molar-refractivity contribution in [1.29, 1.82) is 0 Å². The Balaban J connectivity index is 2.51. The van der Waals surface area contributed by atoms with Gasteiger partial charge in [0.05, 0.1) is 4.99 Å². The zero-order chi connectivity index (χ0) is 13.8. The number of aromatic hydroxyl groups is 1. The van der Waals surface area contributed by atoms with Crippen LogP contribution in [0.25, 0.3) is 0 Å². The quantitative estimate of drug-likeness (QED) is 0.664. The molecule has 0 aliphatic carbocycles. The summed E-state index contributed by atoms with van der Waals surface area (Å²) >= 11 is 4.66. The van der Waals surface area contributed by atoms with Crippen molar-refractivity contribution < 1.29 is 13.5 Å². The first-order chi connectivity index (χ1) is 8.33. The molecule has 1 unspecified atom stereocenters. The van der Waals surface area contributed by atoms with Gasteiger partial charge in [0.2, 0.25) is 10.0 Å². The van der Waals surface area contributed by atoms with E-state index in [-0.39, 0.29) is 17.3 Å². The zero-order valence-corrected chi connectivity index (χ0v) is 11.6. The molecule has 0 aromatic heterocycles. The lowest BCUT2D eigenvalue weighted by atomic mass is 10.1. The zero-order valence-electron chi connectivity index (χ0n) is 9.96. The van der Waals surface area contributed by atoms with Crippen LogP contribution >= 0.6 is 12.2 Å². The van der Waals surface area contributed by atoms with Crippen molar-refractivity contribution in [2.24, 2.45) is 5.73 Å². The van der Waals surface area contributed by atoms with Crippen LogP contribution in [0, 0.1) is 0 Å². The molecule has 1 atom stereocenters. The first-order valence-electron chi connectivity index (χ1n) is 5.38. The largest absolute Gasteiger partial charge is 0.508 e. The molecular weight excluding hydrogens is 272 g/mol. The molecule has 1 aromatic rings.